The summed E-state index contributed by atoms with van der Waals surface area (Å²) in [4.78, 5) is 17.0. The molecule has 166 valence electrons. The number of fused-ring (bicyclic) bond motifs is 1. The van der Waals surface area contributed by atoms with Gasteiger partial charge in [-0.3, -0.25) is 4.98 Å². The van der Waals surface area contributed by atoms with Crippen LogP contribution in [-0.2, 0) is 9.53 Å². The van der Waals surface area contributed by atoms with Gasteiger partial charge in [0.15, 0.2) is 5.70 Å². The number of aromatic nitrogens is 1. The summed E-state index contributed by atoms with van der Waals surface area (Å²) >= 11 is 6.20. The number of hydrogen-bond donors (Lipinski definition) is 0. The summed E-state index contributed by atoms with van der Waals surface area (Å²) in [5, 5.41) is 6.68. The minimum Gasteiger partial charge on any atom is -0.464 e. The van der Waals surface area contributed by atoms with Gasteiger partial charge in [-0.25, -0.2) is 9.80 Å². The second-order valence-electron chi connectivity index (χ2n) is 5.92. The molecule has 0 aliphatic carbocycles. The van der Waals surface area contributed by atoms with Gasteiger partial charge in [-0.05, 0) is 50.1 Å². The second kappa shape index (κ2) is 12.7. The Morgan fingerprint density at radius 3 is 2.39 bits per heavy atom. The van der Waals surface area contributed by atoms with Crippen LogP contribution in [0, 0.1) is 0 Å². The number of ether oxygens (including phenoxy) is 1. The van der Waals surface area contributed by atoms with E-state index in [-0.39, 0.29) is 0 Å². The molecule has 1 aromatic carbocycles. The Labute approximate surface area is 191 Å². The highest BCUT2D eigenvalue weighted by molar-refractivity contribution is 6.30. The van der Waals surface area contributed by atoms with Crippen LogP contribution >= 0.6 is 11.6 Å². The zero-order valence-corrected chi connectivity index (χ0v) is 20.4. The molecule has 0 spiro atoms. The minimum atomic E-state index is -0.460. The van der Waals surface area contributed by atoms with Crippen molar-refractivity contribution in [2.45, 2.75) is 48.5 Å². The van der Waals surface area contributed by atoms with Gasteiger partial charge in [0.05, 0.1) is 18.5 Å². The van der Waals surface area contributed by atoms with E-state index in [1.165, 1.54) is 7.11 Å². The molecule has 0 unspecified atom stereocenters. The van der Waals surface area contributed by atoms with E-state index in [4.69, 9.17) is 16.3 Å². The molecule has 2 heterocycles. The van der Waals surface area contributed by atoms with Crippen molar-refractivity contribution in [1.29, 1.82) is 0 Å². The SMILES string of the molecule is C/C=N\N1C(C(=O)OC)=C(C)c2nccc(-c3cccc(Cl)c3)c2/C1=C\C.CC.CC. The fraction of sp³-hybridized carbons (Fsp3) is 0.320. The van der Waals surface area contributed by atoms with Gasteiger partial charge in [0, 0.05) is 28.6 Å². The van der Waals surface area contributed by atoms with Crippen LogP contribution in [0.4, 0.5) is 0 Å². The molecule has 5 nitrogen and oxygen atoms in total. The minimum absolute atomic E-state index is 0.354. The smallest absolute Gasteiger partial charge is 0.357 e. The lowest BCUT2D eigenvalue weighted by Gasteiger charge is -2.32. The summed E-state index contributed by atoms with van der Waals surface area (Å²) in [7, 11) is 1.36. The molecule has 1 aromatic heterocycles. The number of halogens is 1. The number of pyridine rings is 1. The topological polar surface area (TPSA) is 54.8 Å². The lowest BCUT2D eigenvalue weighted by Crippen LogP contribution is -2.28. The van der Waals surface area contributed by atoms with Crippen LogP contribution in [0.2, 0.25) is 5.02 Å². The monoisotopic (exact) mass is 441 g/mol. The third-order valence-corrected chi connectivity index (χ3v) is 4.61. The van der Waals surface area contributed by atoms with Gasteiger partial charge in [-0.2, -0.15) is 5.10 Å². The van der Waals surface area contributed by atoms with Crippen molar-refractivity contribution in [1.82, 2.24) is 9.99 Å². The van der Waals surface area contributed by atoms with Crippen LogP contribution in [0.15, 0.2) is 53.4 Å². The molecular formula is C25H32ClN3O2. The number of hydrogen-bond acceptors (Lipinski definition) is 5. The van der Waals surface area contributed by atoms with E-state index in [9.17, 15) is 4.79 Å². The molecule has 31 heavy (non-hydrogen) atoms. The third-order valence-electron chi connectivity index (χ3n) is 4.38. The highest BCUT2D eigenvalue weighted by Gasteiger charge is 2.34. The Morgan fingerprint density at radius 2 is 1.84 bits per heavy atom. The second-order valence-corrected chi connectivity index (χ2v) is 6.35. The summed E-state index contributed by atoms with van der Waals surface area (Å²) in [6.45, 7) is 13.6. The van der Waals surface area contributed by atoms with Crippen molar-refractivity contribution in [2.24, 2.45) is 5.10 Å². The van der Waals surface area contributed by atoms with Gasteiger partial charge in [0.25, 0.3) is 0 Å². The number of methoxy groups -OCH3 is 1. The first-order valence-electron chi connectivity index (χ1n) is 10.5. The van der Waals surface area contributed by atoms with Crippen molar-refractivity contribution >= 4 is 35.1 Å². The molecule has 0 fully saturated rings. The van der Waals surface area contributed by atoms with Crippen molar-refractivity contribution < 1.29 is 9.53 Å². The number of esters is 1. The summed E-state index contributed by atoms with van der Waals surface area (Å²) in [6, 6.07) is 9.60. The Bertz CT molecular complexity index is 994. The number of nitrogens with zero attached hydrogens (tertiary/aromatic N) is 3. The molecule has 1 aliphatic rings. The molecule has 0 radical (unpaired) electrons. The fourth-order valence-electron chi connectivity index (χ4n) is 3.24. The van der Waals surface area contributed by atoms with E-state index in [1.54, 1.807) is 24.3 Å². The van der Waals surface area contributed by atoms with Gasteiger partial charge in [-0.1, -0.05) is 57.5 Å². The predicted octanol–water partition coefficient (Wildman–Crippen LogP) is 7.04. The quantitative estimate of drug-likeness (QED) is 0.378. The Morgan fingerprint density at radius 1 is 1.16 bits per heavy atom. The predicted molar refractivity (Wildman–Crippen MR) is 132 cm³/mol. The van der Waals surface area contributed by atoms with E-state index >= 15 is 0 Å². The van der Waals surface area contributed by atoms with Gasteiger partial charge in [-0.15, -0.1) is 0 Å². The van der Waals surface area contributed by atoms with Crippen molar-refractivity contribution in [3.05, 3.63) is 64.6 Å². The maximum atomic E-state index is 12.5. The van der Waals surface area contributed by atoms with Crippen LogP contribution in [0.3, 0.4) is 0 Å². The van der Waals surface area contributed by atoms with Gasteiger partial charge in [0.1, 0.15) is 0 Å². The number of hydrazone groups is 1. The van der Waals surface area contributed by atoms with E-state index in [0.29, 0.717) is 16.3 Å². The maximum absolute atomic E-state index is 12.5. The number of allylic oxidation sites excluding steroid dienone is 2. The standard InChI is InChI=1S/C21H20ClN3O2.2C2H6/c1-5-17-18-16(14-8-7-9-15(22)12-14)10-11-23-19(18)13(3)20(21(26)27-4)25(17)24-6-2;2*1-2/h5-12H,1-4H3;2*1-2H3/b17-5+,24-6-;;. The third kappa shape index (κ3) is 5.42. The molecule has 3 rings (SSSR count). The van der Waals surface area contributed by atoms with Gasteiger partial charge >= 0.3 is 5.97 Å². The van der Waals surface area contributed by atoms with Crippen LogP contribution in [0.25, 0.3) is 22.4 Å². The summed E-state index contributed by atoms with van der Waals surface area (Å²) in [6.07, 6.45) is 5.29. The Kier molecular flexibility index (Phi) is 10.7. The van der Waals surface area contributed by atoms with Crippen LogP contribution in [0.5, 0.6) is 0 Å². The lowest BCUT2D eigenvalue weighted by atomic mass is 9.90. The molecule has 0 bridgehead atoms. The number of carbonyl (C=O) groups is 1. The highest BCUT2D eigenvalue weighted by Crippen LogP contribution is 2.42. The molecule has 6 heteroatoms. The van der Waals surface area contributed by atoms with Crippen molar-refractivity contribution in [2.75, 3.05) is 7.11 Å². The molecule has 0 saturated heterocycles. The Balaban J connectivity index is 0.00000113. The van der Waals surface area contributed by atoms with E-state index in [1.807, 2.05) is 78.0 Å². The van der Waals surface area contributed by atoms with Crippen LogP contribution in [0.1, 0.15) is 59.7 Å². The fourth-order valence-corrected chi connectivity index (χ4v) is 3.43. The molecule has 2 aromatic rings. The number of rotatable bonds is 3. The van der Waals surface area contributed by atoms with Gasteiger partial charge in [0.2, 0.25) is 0 Å². The van der Waals surface area contributed by atoms with E-state index in [2.05, 4.69) is 10.1 Å². The zero-order chi connectivity index (χ0) is 23.6. The van der Waals surface area contributed by atoms with Gasteiger partial charge < -0.3 is 4.74 Å². The molecule has 0 N–H and O–H groups in total. The average molecular weight is 442 g/mol. The molecule has 0 saturated carbocycles. The summed E-state index contributed by atoms with van der Waals surface area (Å²) in [5.41, 5.74) is 5.38. The molecule has 1 aliphatic heterocycles. The van der Waals surface area contributed by atoms with Crippen LogP contribution in [-0.4, -0.2) is 29.3 Å². The first kappa shape index (κ1) is 26.1. The molecule has 0 atom stereocenters. The first-order valence-corrected chi connectivity index (χ1v) is 10.9. The molecule has 0 amide bonds. The normalized spacial score (nSPS) is 13.8. The summed E-state index contributed by atoms with van der Waals surface area (Å²) in [5.74, 6) is -0.460. The number of carbonyl (C=O) groups excluding carboxylic acids is 1. The average Bonchev–Trinajstić information content (AvgIpc) is 2.81. The van der Waals surface area contributed by atoms with Crippen molar-refractivity contribution in [3.63, 3.8) is 0 Å². The lowest BCUT2D eigenvalue weighted by molar-refractivity contribution is -0.137. The zero-order valence-electron chi connectivity index (χ0n) is 19.7. The van der Waals surface area contributed by atoms with E-state index in [0.717, 1.165) is 28.1 Å². The summed E-state index contributed by atoms with van der Waals surface area (Å²) < 4.78 is 4.99. The number of benzene rings is 1. The highest BCUT2D eigenvalue weighted by atomic mass is 35.5. The van der Waals surface area contributed by atoms with E-state index < -0.39 is 5.97 Å². The van der Waals surface area contributed by atoms with Crippen LogP contribution < -0.4 is 0 Å². The first-order chi connectivity index (χ1) is 15.0. The largest absolute Gasteiger partial charge is 0.464 e. The maximum Gasteiger partial charge on any atom is 0.357 e. The molecular weight excluding hydrogens is 410 g/mol. The van der Waals surface area contributed by atoms with Crippen molar-refractivity contribution in [3.8, 4) is 11.1 Å². The Hall–Kier alpha value is -2.92.